The van der Waals surface area contributed by atoms with Gasteiger partial charge in [0.05, 0.1) is 5.60 Å². The number of aliphatic hydroxyl groups is 1. The monoisotopic (exact) mass is 338 g/mol. The third-order valence-corrected chi connectivity index (χ3v) is 3.95. The second-order valence-corrected chi connectivity index (χ2v) is 5.93. The lowest BCUT2D eigenvalue weighted by atomic mass is 9.85. The van der Waals surface area contributed by atoms with Crippen molar-refractivity contribution in [1.82, 2.24) is 0 Å². The Labute approximate surface area is 127 Å². The van der Waals surface area contributed by atoms with Crippen molar-refractivity contribution in [1.29, 1.82) is 0 Å². The maximum absolute atomic E-state index is 10.9. The third kappa shape index (κ3) is 3.82. The first kappa shape index (κ1) is 14.6. The zero-order valence-electron chi connectivity index (χ0n) is 10.5. The van der Waals surface area contributed by atoms with Crippen molar-refractivity contribution in [2.75, 3.05) is 5.88 Å². The minimum atomic E-state index is -0.906. The third-order valence-electron chi connectivity index (χ3n) is 3.23. The van der Waals surface area contributed by atoms with Gasteiger partial charge >= 0.3 is 0 Å². The summed E-state index contributed by atoms with van der Waals surface area (Å²) in [6.45, 7) is 0. The van der Waals surface area contributed by atoms with E-state index in [4.69, 9.17) is 11.6 Å². The van der Waals surface area contributed by atoms with Crippen molar-refractivity contribution in [2.45, 2.75) is 18.4 Å². The van der Waals surface area contributed by atoms with Gasteiger partial charge in [-0.15, -0.1) is 11.6 Å². The van der Waals surface area contributed by atoms with Gasteiger partial charge < -0.3 is 5.11 Å². The Kier molecular flexibility index (Phi) is 5.03. The van der Waals surface area contributed by atoms with Crippen molar-refractivity contribution in [3.63, 3.8) is 0 Å². The van der Waals surface area contributed by atoms with E-state index in [1.807, 2.05) is 54.6 Å². The van der Waals surface area contributed by atoms with Gasteiger partial charge in [0, 0.05) is 16.8 Å². The van der Waals surface area contributed by atoms with Crippen molar-refractivity contribution in [3.05, 3.63) is 70.2 Å². The average Bonchev–Trinajstić information content (AvgIpc) is 2.43. The van der Waals surface area contributed by atoms with Crippen LogP contribution in [0.1, 0.15) is 17.5 Å². The van der Waals surface area contributed by atoms with E-state index < -0.39 is 5.60 Å². The molecule has 0 radical (unpaired) electrons. The Balaban J connectivity index is 2.27. The summed E-state index contributed by atoms with van der Waals surface area (Å²) in [4.78, 5) is 0. The molecule has 1 unspecified atom stereocenters. The van der Waals surface area contributed by atoms with Gasteiger partial charge in [-0.25, -0.2) is 0 Å². The molecular weight excluding hydrogens is 324 g/mol. The second kappa shape index (κ2) is 6.56. The van der Waals surface area contributed by atoms with Crippen LogP contribution < -0.4 is 0 Å². The summed E-state index contributed by atoms with van der Waals surface area (Å²) in [5, 5.41) is 10.9. The van der Waals surface area contributed by atoms with E-state index in [0.717, 1.165) is 15.6 Å². The van der Waals surface area contributed by atoms with Gasteiger partial charge in [0.1, 0.15) is 0 Å². The number of benzene rings is 2. The molecule has 0 heterocycles. The van der Waals surface area contributed by atoms with Crippen molar-refractivity contribution < 1.29 is 5.11 Å². The predicted octanol–water partition coefficient (Wildman–Crippen LogP) is 4.51. The quantitative estimate of drug-likeness (QED) is 0.795. The molecule has 0 aliphatic rings. The second-order valence-electron chi connectivity index (χ2n) is 4.64. The highest BCUT2D eigenvalue weighted by molar-refractivity contribution is 9.10. The number of halogens is 2. The molecule has 0 aliphatic heterocycles. The van der Waals surface area contributed by atoms with Crippen LogP contribution in [0.25, 0.3) is 0 Å². The molecule has 0 amide bonds. The molecule has 0 bridgehead atoms. The molecule has 1 N–H and O–H groups in total. The summed E-state index contributed by atoms with van der Waals surface area (Å²) in [6, 6.07) is 17.7. The van der Waals surface area contributed by atoms with E-state index in [1.165, 1.54) is 0 Å². The summed E-state index contributed by atoms with van der Waals surface area (Å²) in [6.07, 6.45) is 1.10. The number of hydrogen-bond acceptors (Lipinski definition) is 1. The topological polar surface area (TPSA) is 20.2 Å². The molecule has 0 saturated carbocycles. The van der Waals surface area contributed by atoms with Gasteiger partial charge in [-0.1, -0.05) is 58.4 Å². The fraction of sp³-hybridized carbons (Fsp3) is 0.250. The highest BCUT2D eigenvalue weighted by atomic mass is 79.9. The molecule has 2 aromatic rings. The molecule has 1 atom stereocenters. The molecule has 0 aromatic heterocycles. The van der Waals surface area contributed by atoms with E-state index >= 15 is 0 Å². The van der Waals surface area contributed by atoms with E-state index in [1.54, 1.807) is 0 Å². The number of hydrogen-bond donors (Lipinski definition) is 1. The molecule has 0 fully saturated rings. The lowest BCUT2D eigenvalue weighted by Crippen LogP contribution is -2.29. The Bertz CT molecular complexity index is 512. The molecule has 100 valence electrons. The van der Waals surface area contributed by atoms with Crippen LogP contribution in [0.3, 0.4) is 0 Å². The maximum atomic E-state index is 10.9. The minimum absolute atomic E-state index is 0.432. The Morgan fingerprint density at radius 1 is 1.00 bits per heavy atom. The van der Waals surface area contributed by atoms with Crippen LogP contribution in [0.15, 0.2) is 59.1 Å². The lowest BCUT2D eigenvalue weighted by Gasteiger charge is -2.28. The highest BCUT2D eigenvalue weighted by Crippen LogP contribution is 2.30. The molecule has 2 rings (SSSR count). The summed E-state index contributed by atoms with van der Waals surface area (Å²) >= 11 is 9.28. The molecule has 3 heteroatoms. The molecule has 19 heavy (non-hydrogen) atoms. The summed E-state index contributed by atoms with van der Waals surface area (Å²) < 4.78 is 1.04. The maximum Gasteiger partial charge on any atom is 0.0948 e. The number of alkyl halides is 1. The summed E-state index contributed by atoms with van der Waals surface area (Å²) in [5.41, 5.74) is 1.11. The van der Waals surface area contributed by atoms with Gasteiger partial charge in [0.25, 0.3) is 0 Å². The number of rotatable bonds is 5. The van der Waals surface area contributed by atoms with Crippen LogP contribution in [0.2, 0.25) is 0 Å². The van der Waals surface area contributed by atoms with Gasteiger partial charge in [-0.3, -0.25) is 0 Å². The molecule has 2 aromatic carbocycles. The summed E-state index contributed by atoms with van der Waals surface area (Å²) in [5.74, 6) is 0.432. The Morgan fingerprint density at radius 2 is 1.63 bits per heavy atom. The van der Waals surface area contributed by atoms with Crippen molar-refractivity contribution in [2.24, 2.45) is 0 Å². The van der Waals surface area contributed by atoms with Gasteiger partial charge in [0.2, 0.25) is 0 Å². The van der Waals surface area contributed by atoms with Gasteiger partial charge in [0.15, 0.2) is 0 Å². The van der Waals surface area contributed by atoms with Gasteiger partial charge in [-0.05, 0) is 29.7 Å². The minimum Gasteiger partial charge on any atom is -0.385 e. The standard InChI is InChI=1S/C16H16BrClO/c17-15-8-6-13(7-9-15)12-16(19,10-11-18)14-4-2-1-3-5-14/h1-9,19H,10-12H2. The predicted molar refractivity (Wildman–Crippen MR) is 83.5 cm³/mol. The first-order valence-electron chi connectivity index (χ1n) is 6.22. The SMILES string of the molecule is OC(CCCl)(Cc1ccc(Br)cc1)c1ccccc1. The largest absolute Gasteiger partial charge is 0.385 e. The fourth-order valence-electron chi connectivity index (χ4n) is 2.18. The lowest BCUT2D eigenvalue weighted by molar-refractivity contribution is 0.0336. The Hall–Kier alpha value is -0.830. The highest BCUT2D eigenvalue weighted by Gasteiger charge is 2.28. The van der Waals surface area contributed by atoms with Crippen LogP contribution in [0.5, 0.6) is 0 Å². The molecular formula is C16H16BrClO. The van der Waals surface area contributed by atoms with E-state index in [2.05, 4.69) is 15.9 Å². The van der Waals surface area contributed by atoms with Crippen molar-refractivity contribution in [3.8, 4) is 0 Å². The van der Waals surface area contributed by atoms with E-state index in [-0.39, 0.29) is 0 Å². The van der Waals surface area contributed by atoms with E-state index in [0.29, 0.717) is 18.7 Å². The summed E-state index contributed by atoms with van der Waals surface area (Å²) in [7, 11) is 0. The Morgan fingerprint density at radius 3 is 2.21 bits per heavy atom. The first-order valence-corrected chi connectivity index (χ1v) is 7.55. The smallest absolute Gasteiger partial charge is 0.0948 e. The first-order chi connectivity index (χ1) is 9.14. The molecule has 1 nitrogen and oxygen atoms in total. The van der Waals surface area contributed by atoms with Crippen LogP contribution >= 0.6 is 27.5 Å². The molecule has 0 saturated heterocycles. The molecule has 0 spiro atoms. The van der Waals surface area contributed by atoms with Crippen molar-refractivity contribution >= 4 is 27.5 Å². The van der Waals surface area contributed by atoms with Crippen LogP contribution in [0.4, 0.5) is 0 Å². The van der Waals surface area contributed by atoms with Crippen LogP contribution in [-0.2, 0) is 12.0 Å². The van der Waals surface area contributed by atoms with Crippen LogP contribution in [0, 0.1) is 0 Å². The van der Waals surface area contributed by atoms with Gasteiger partial charge in [-0.2, -0.15) is 0 Å². The average molecular weight is 340 g/mol. The molecule has 0 aliphatic carbocycles. The zero-order valence-corrected chi connectivity index (χ0v) is 12.9. The fourth-order valence-corrected chi connectivity index (χ4v) is 2.76. The zero-order chi connectivity index (χ0) is 13.7. The normalized spacial score (nSPS) is 14.1. The van der Waals surface area contributed by atoms with E-state index in [9.17, 15) is 5.11 Å². The van der Waals surface area contributed by atoms with Crippen LogP contribution in [-0.4, -0.2) is 11.0 Å².